The molecule has 0 spiro atoms. The largest absolute Gasteiger partial charge is 0.368 e. The summed E-state index contributed by atoms with van der Waals surface area (Å²) in [6.45, 7) is 3.28. The van der Waals surface area contributed by atoms with E-state index in [1.807, 2.05) is 48.2 Å². The minimum absolute atomic E-state index is 0.0835. The average Bonchev–Trinajstić information content (AvgIpc) is 2.90. The minimum atomic E-state index is -0.722. The van der Waals surface area contributed by atoms with Gasteiger partial charge < -0.3 is 20.0 Å². The number of carbonyl (C=O) groups is 1. The van der Waals surface area contributed by atoms with E-state index in [1.54, 1.807) is 18.2 Å². The number of nitrogens with one attached hydrogen (secondary N) is 2. The molecule has 0 bridgehead atoms. The molecule has 3 heterocycles. The predicted molar refractivity (Wildman–Crippen MR) is 153 cm³/mol. The molecule has 11 nitrogen and oxygen atoms in total. The maximum atomic E-state index is 13.1. The Kier molecular flexibility index (Phi) is 7.56. The summed E-state index contributed by atoms with van der Waals surface area (Å²) < 4.78 is 0.875. The highest BCUT2D eigenvalue weighted by Crippen LogP contribution is 2.26. The molecule has 0 saturated carbocycles. The van der Waals surface area contributed by atoms with E-state index < -0.39 is 11.2 Å². The number of halogens is 2. The van der Waals surface area contributed by atoms with E-state index in [2.05, 4.69) is 25.2 Å². The quantitative estimate of drug-likeness (QED) is 0.364. The first-order valence-electron chi connectivity index (χ1n) is 12.2. The molecule has 1 saturated heterocycles. The molecule has 2 N–H and O–H groups in total. The van der Waals surface area contributed by atoms with Crippen LogP contribution in [0.25, 0.3) is 16.7 Å². The van der Waals surface area contributed by atoms with E-state index in [-0.39, 0.29) is 38.6 Å². The Labute approximate surface area is 233 Å². The van der Waals surface area contributed by atoms with Crippen molar-refractivity contribution >= 4 is 57.5 Å². The van der Waals surface area contributed by atoms with Crippen molar-refractivity contribution in [1.82, 2.24) is 29.3 Å². The molecule has 39 heavy (non-hydrogen) atoms. The molecule has 1 aliphatic rings. The predicted octanol–water partition coefficient (Wildman–Crippen LogP) is 2.73. The summed E-state index contributed by atoms with van der Waals surface area (Å²) >= 11 is 12.4. The van der Waals surface area contributed by atoms with Gasteiger partial charge in [0.15, 0.2) is 5.65 Å². The van der Waals surface area contributed by atoms with Crippen LogP contribution in [0.2, 0.25) is 10.0 Å². The Hall–Kier alpha value is -3.93. The topological polar surface area (TPSA) is 119 Å². The van der Waals surface area contributed by atoms with Crippen LogP contribution in [0.15, 0.2) is 58.3 Å². The summed E-state index contributed by atoms with van der Waals surface area (Å²) in [5.74, 6) is 0.356. The van der Waals surface area contributed by atoms with Crippen LogP contribution in [0.3, 0.4) is 0 Å². The number of rotatable bonds is 6. The number of hydrogen-bond acceptors (Lipinski definition) is 8. The second-order valence-electron chi connectivity index (χ2n) is 9.37. The molecule has 1 aliphatic heterocycles. The lowest BCUT2D eigenvalue weighted by Gasteiger charge is -2.36. The van der Waals surface area contributed by atoms with Gasteiger partial charge in [0.2, 0.25) is 11.9 Å². The van der Waals surface area contributed by atoms with Gasteiger partial charge in [-0.3, -0.25) is 14.6 Å². The fourth-order valence-electron chi connectivity index (χ4n) is 4.44. The molecular formula is C26H26Cl2N8O3. The fourth-order valence-corrected chi connectivity index (χ4v) is 5.01. The van der Waals surface area contributed by atoms with Crippen LogP contribution in [0.1, 0.15) is 0 Å². The Morgan fingerprint density at radius 3 is 2.33 bits per heavy atom. The number of piperazine rings is 1. The second kappa shape index (κ2) is 11.0. The van der Waals surface area contributed by atoms with Crippen molar-refractivity contribution in [3.05, 3.63) is 79.5 Å². The molecule has 0 unspecified atom stereocenters. The molecule has 2 aromatic heterocycles. The van der Waals surface area contributed by atoms with Gasteiger partial charge in [-0.15, -0.1) is 0 Å². The first-order valence-corrected chi connectivity index (χ1v) is 13.0. The van der Waals surface area contributed by atoms with E-state index in [0.29, 0.717) is 19.6 Å². The number of H-pyrrole nitrogens is 1. The van der Waals surface area contributed by atoms with Crippen molar-refractivity contribution in [2.24, 2.45) is 0 Å². The van der Waals surface area contributed by atoms with E-state index in [9.17, 15) is 14.4 Å². The number of carbonyl (C=O) groups excluding carboxylic acids is 1. The van der Waals surface area contributed by atoms with Crippen LogP contribution >= 0.6 is 23.2 Å². The summed E-state index contributed by atoms with van der Waals surface area (Å²) in [7, 11) is 3.78. The van der Waals surface area contributed by atoms with Crippen LogP contribution in [0, 0.1) is 0 Å². The molecule has 1 amide bonds. The Bertz CT molecular complexity index is 1620. The van der Waals surface area contributed by atoms with Crippen molar-refractivity contribution in [2.45, 2.75) is 0 Å². The number of anilines is 3. The second-order valence-corrected chi connectivity index (χ2v) is 10.2. The summed E-state index contributed by atoms with van der Waals surface area (Å²) in [6.07, 6.45) is 1.34. The molecule has 0 aliphatic carbocycles. The van der Waals surface area contributed by atoms with Gasteiger partial charge in [-0.25, -0.2) is 14.3 Å². The standard InChI is InChI=1S/C26H26Cl2N8O3/c1-33(2)15-21(37)35-12-10-34(11-13-35)17-8-6-16(7-9-17)30-25-29-14-18-23(31-25)32-26(39)36(24(18)38)22-19(27)4-3-5-20(22)28/h3-9,14H,10-13,15H2,1-2H3,(H2,29,30,31,32,39). The third-order valence-electron chi connectivity index (χ3n) is 6.38. The Morgan fingerprint density at radius 2 is 1.69 bits per heavy atom. The molecular weight excluding hydrogens is 543 g/mol. The van der Waals surface area contributed by atoms with Crippen LogP contribution in [0.5, 0.6) is 0 Å². The highest BCUT2D eigenvalue weighted by Gasteiger charge is 2.21. The molecule has 202 valence electrons. The summed E-state index contributed by atoms with van der Waals surface area (Å²) in [4.78, 5) is 55.4. The van der Waals surface area contributed by atoms with Crippen molar-refractivity contribution in [2.75, 3.05) is 57.0 Å². The van der Waals surface area contributed by atoms with Crippen molar-refractivity contribution in [1.29, 1.82) is 0 Å². The maximum Gasteiger partial charge on any atom is 0.334 e. The third-order valence-corrected chi connectivity index (χ3v) is 6.99. The van der Waals surface area contributed by atoms with Gasteiger partial charge in [0.1, 0.15) is 5.39 Å². The van der Waals surface area contributed by atoms with Crippen LogP contribution in [-0.4, -0.2) is 82.0 Å². The average molecular weight is 569 g/mol. The van der Waals surface area contributed by atoms with Crippen molar-refractivity contribution < 1.29 is 4.79 Å². The lowest BCUT2D eigenvalue weighted by Crippen LogP contribution is -2.50. The van der Waals surface area contributed by atoms with Gasteiger partial charge in [0, 0.05) is 43.8 Å². The highest BCUT2D eigenvalue weighted by atomic mass is 35.5. The fraction of sp³-hybridized carbons (Fsp3) is 0.269. The molecule has 0 atom stereocenters. The number of aromatic nitrogens is 4. The zero-order chi connectivity index (χ0) is 27.7. The van der Waals surface area contributed by atoms with Crippen molar-refractivity contribution in [3.63, 3.8) is 0 Å². The number of amides is 1. The molecule has 13 heteroatoms. The van der Waals surface area contributed by atoms with E-state index in [1.165, 1.54) is 6.20 Å². The maximum absolute atomic E-state index is 13.1. The molecule has 4 aromatic rings. The number of hydrogen-bond donors (Lipinski definition) is 2. The molecule has 0 radical (unpaired) electrons. The number of para-hydroxylation sites is 1. The summed E-state index contributed by atoms with van der Waals surface area (Å²) in [5.41, 5.74) is 0.598. The van der Waals surface area contributed by atoms with Crippen LogP contribution in [0.4, 0.5) is 17.3 Å². The Morgan fingerprint density at radius 1 is 1.03 bits per heavy atom. The Balaban J connectivity index is 1.31. The van der Waals surface area contributed by atoms with E-state index in [4.69, 9.17) is 23.2 Å². The molecule has 2 aromatic carbocycles. The zero-order valence-corrected chi connectivity index (χ0v) is 22.8. The highest BCUT2D eigenvalue weighted by molar-refractivity contribution is 6.37. The number of benzene rings is 2. The first-order chi connectivity index (χ1) is 18.7. The van der Waals surface area contributed by atoms with Crippen molar-refractivity contribution in [3.8, 4) is 5.69 Å². The molecule has 1 fully saturated rings. The van der Waals surface area contributed by atoms with Gasteiger partial charge in [-0.2, -0.15) is 4.98 Å². The lowest BCUT2D eigenvalue weighted by atomic mass is 10.2. The van der Waals surface area contributed by atoms with Gasteiger partial charge in [-0.1, -0.05) is 29.3 Å². The number of nitrogens with zero attached hydrogens (tertiary/aromatic N) is 6. The number of likely N-dealkylation sites (N-methyl/N-ethyl adjacent to an activating group) is 1. The van der Waals surface area contributed by atoms with Gasteiger partial charge >= 0.3 is 5.69 Å². The minimum Gasteiger partial charge on any atom is -0.368 e. The van der Waals surface area contributed by atoms with Gasteiger partial charge in [-0.05, 0) is 50.5 Å². The normalized spacial score (nSPS) is 13.8. The van der Waals surface area contributed by atoms with E-state index >= 15 is 0 Å². The number of aromatic amines is 1. The zero-order valence-electron chi connectivity index (χ0n) is 21.3. The first kappa shape index (κ1) is 26.7. The van der Waals surface area contributed by atoms with Gasteiger partial charge in [0.25, 0.3) is 5.56 Å². The third kappa shape index (κ3) is 5.60. The van der Waals surface area contributed by atoms with Crippen LogP contribution in [-0.2, 0) is 4.79 Å². The summed E-state index contributed by atoms with van der Waals surface area (Å²) in [6, 6.07) is 12.5. The molecule has 5 rings (SSSR count). The SMILES string of the molecule is CN(C)CC(=O)N1CCN(c2ccc(Nc3ncc4c(=O)n(-c5c(Cl)cccc5Cl)c(=O)[nH]c4n3)cc2)CC1. The number of fused-ring (bicyclic) bond motifs is 1. The van der Waals surface area contributed by atoms with Gasteiger partial charge in [0.05, 0.1) is 22.3 Å². The lowest BCUT2D eigenvalue weighted by molar-refractivity contribution is -0.132. The van der Waals surface area contributed by atoms with Crippen LogP contribution < -0.4 is 21.5 Å². The smallest absolute Gasteiger partial charge is 0.334 e. The van der Waals surface area contributed by atoms with E-state index in [0.717, 1.165) is 29.0 Å². The monoisotopic (exact) mass is 568 g/mol. The summed E-state index contributed by atoms with van der Waals surface area (Å²) in [5, 5.41) is 3.53.